The van der Waals surface area contributed by atoms with Crippen molar-refractivity contribution in [1.82, 2.24) is 0 Å². The van der Waals surface area contributed by atoms with Crippen molar-refractivity contribution >= 4 is 16.8 Å². The van der Waals surface area contributed by atoms with Crippen LogP contribution in [0.4, 0.5) is 0 Å². The van der Waals surface area contributed by atoms with Crippen molar-refractivity contribution in [2.24, 2.45) is 5.92 Å². The van der Waals surface area contributed by atoms with Gasteiger partial charge in [0, 0.05) is 9.79 Å². The van der Waals surface area contributed by atoms with E-state index in [0.29, 0.717) is 6.42 Å². The van der Waals surface area contributed by atoms with Gasteiger partial charge in [-0.3, -0.25) is 4.79 Å². The minimum Gasteiger partial charge on any atom is -0.486 e. The van der Waals surface area contributed by atoms with Crippen molar-refractivity contribution in [2.45, 2.75) is 41.1 Å². The summed E-state index contributed by atoms with van der Waals surface area (Å²) in [5, 5.41) is 9.11. The van der Waals surface area contributed by atoms with Crippen molar-refractivity contribution in [3.63, 3.8) is 0 Å². The van der Waals surface area contributed by atoms with Gasteiger partial charge in [0.25, 0.3) is 0 Å². The predicted octanol–water partition coefficient (Wildman–Crippen LogP) is 5.11. The standard InChI is InChI=1S/C25H22O4S/c26-25(27)22-15-21(22)16-9-11-17(12-10-16)29-23-14-13-20-19(23)7-4-8-24(20)30(28)18-5-2-1-3-6-18/h1-12,21-23H,13-15H2,(H,26,27). The van der Waals surface area contributed by atoms with Crippen molar-refractivity contribution in [2.75, 3.05) is 0 Å². The smallest absolute Gasteiger partial charge is 0.307 e. The highest BCUT2D eigenvalue weighted by Gasteiger charge is 2.44. The molecule has 0 bridgehead atoms. The summed E-state index contributed by atoms with van der Waals surface area (Å²) in [4.78, 5) is 12.8. The number of hydrogen-bond acceptors (Lipinski definition) is 3. The van der Waals surface area contributed by atoms with Gasteiger partial charge in [-0.2, -0.15) is 0 Å². The molecule has 0 aromatic heterocycles. The van der Waals surface area contributed by atoms with Gasteiger partial charge in [0.1, 0.15) is 11.9 Å². The van der Waals surface area contributed by atoms with Crippen LogP contribution in [0.15, 0.2) is 82.6 Å². The van der Waals surface area contributed by atoms with Crippen LogP contribution in [0.5, 0.6) is 5.75 Å². The molecule has 5 rings (SSSR count). The third kappa shape index (κ3) is 3.54. The first-order valence-corrected chi connectivity index (χ1v) is 11.3. The predicted molar refractivity (Wildman–Crippen MR) is 114 cm³/mol. The van der Waals surface area contributed by atoms with E-state index in [1.807, 2.05) is 66.7 Å². The number of fused-ring (bicyclic) bond motifs is 1. The molecule has 1 saturated carbocycles. The number of aliphatic carboxylic acids is 1. The first-order valence-electron chi connectivity index (χ1n) is 10.2. The topological polar surface area (TPSA) is 63.6 Å². The Balaban J connectivity index is 1.33. The zero-order valence-electron chi connectivity index (χ0n) is 16.4. The fraction of sp³-hybridized carbons (Fsp3) is 0.240. The molecule has 1 N–H and O–H groups in total. The van der Waals surface area contributed by atoms with Gasteiger partial charge >= 0.3 is 5.97 Å². The SMILES string of the molecule is O=C(O)C1CC1c1ccc(OC2CCc3c2cccc3S(=O)c2ccccc2)cc1. The summed E-state index contributed by atoms with van der Waals surface area (Å²) in [6, 6.07) is 23.3. The minimum absolute atomic E-state index is 0.0636. The summed E-state index contributed by atoms with van der Waals surface area (Å²) in [6.07, 6.45) is 2.34. The highest BCUT2D eigenvalue weighted by molar-refractivity contribution is 7.85. The largest absolute Gasteiger partial charge is 0.486 e. The van der Waals surface area contributed by atoms with E-state index in [-0.39, 0.29) is 17.9 Å². The number of ether oxygens (including phenoxy) is 1. The monoisotopic (exact) mass is 418 g/mol. The molecule has 4 atom stereocenters. The summed E-state index contributed by atoms with van der Waals surface area (Å²) in [5.41, 5.74) is 3.29. The van der Waals surface area contributed by atoms with Crippen molar-refractivity contribution in [3.8, 4) is 5.75 Å². The van der Waals surface area contributed by atoms with Gasteiger partial charge in [-0.15, -0.1) is 0 Å². The summed E-state index contributed by atoms with van der Waals surface area (Å²) >= 11 is 0. The van der Waals surface area contributed by atoms with E-state index >= 15 is 0 Å². The number of carboxylic acids is 1. The number of benzene rings is 3. The van der Waals surface area contributed by atoms with Crippen LogP contribution in [0.2, 0.25) is 0 Å². The Bertz CT molecular complexity index is 1110. The number of hydrogen-bond donors (Lipinski definition) is 1. The number of rotatable bonds is 6. The molecular formula is C25H22O4S. The van der Waals surface area contributed by atoms with E-state index in [1.54, 1.807) is 0 Å². The van der Waals surface area contributed by atoms with Crippen molar-refractivity contribution < 1.29 is 18.8 Å². The Morgan fingerprint density at radius 1 is 0.967 bits per heavy atom. The lowest BCUT2D eigenvalue weighted by Gasteiger charge is -2.16. The maximum Gasteiger partial charge on any atom is 0.307 e. The van der Waals surface area contributed by atoms with Crippen LogP contribution in [0.3, 0.4) is 0 Å². The molecule has 0 amide bonds. The Kier molecular flexibility index (Phi) is 4.91. The molecule has 0 radical (unpaired) electrons. The molecule has 3 aromatic rings. The van der Waals surface area contributed by atoms with Gasteiger partial charge < -0.3 is 9.84 Å². The maximum absolute atomic E-state index is 13.1. The third-order valence-electron chi connectivity index (χ3n) is 6.02. The molecule has 2 aliphatic rings. The maximum atomic E-state index is 13.1. The van der Waals surface area contributed by atoms with Crippen molar-refractivity contribution in [1.29, 1.82) is 0 Å². The fourth-order valence-corrected chi connectivity index (χ4v) is 5.65. The molecule has 0 heterocycles. The van der Waals surface area contributed by atoms with Crippen LogP contribution in [0, 0.1) is 5.92 Å². The van der Waals surface area contributed by atoms with Crippen molar-refractivity contribution in [3.05, 3.63) is 89.5 Å². The van der Waals surface area contributed by atoms with E-state index in [9.17, 15) is 9.00 Å². The molecule has 4 nitrogen and oxygen atoms in total. The number of carbonyl (C=O) groups is 1. The summed E-state index contributed by atoms with van der Waals surface area (Å²) in [6.45, 7) is 0. The summed E-state index contributed by atoms with van der Waals surface area (Å²) in [7, 11) is -1.20. The van der Waals surface area contributed by atoms with Gasteiger partial charge in [-0.1, -0.05) is 42.5 Å². The highest BCUT2D eigenvalue weighted by atomic mass is 32.2. The second-order valence-electron chi connectivity index (χ2n) is 7.91. The molecule has 0 aliphatic heterocycles. The van der Waals surface area contributed by atoms with Gasteiger partial charge in [-0.25, -0.2) is 4.21 Å². The van der Waals surface area contributed by atoms with Gasteiger partial charge in [-0.05, 0) is 72.2 Å². The summed E-state index contributed by atoms with van der Waals surface area (Å²) in [5.74, 6) is -0.0630. The van der Waals surface area contributed by atoms with Gasteiger partial charge in [0.15, 0.2) is 0 Å². The van der Waals surface area contributed by atoms with E-state index < -0.39 is 16.8 Å². The molecule has 2 aliphatic carbocycles. The molecule has 4 unspecified atom stereocenters. The Hall–Kier alpha value is -2.92. The van der Waals surface area contributed by atoms with Crippen LogP contribution in [-0.4, -0.2) is 15.3 Å². The van der Waals surface area contributed by atoms with Gasteiger partial charge in [0.05, 0.1) is 16.7 Å². The van der Waals surface area contributed by atoms with Crippen LogP contribution >= 0.6 is 0 Å². The molecule has 3 aromatic carbocycles. The lowest BCUT2D eigenvalue weighted by atomic mass is 10.1. The normalized spacial score (nSPS) is 22.9. The lowest BCUT2D eigenvalue weighted by Crippen LogP contribution is -2.04. The van der Waals surface area contributed by atoms with Gasteiger partial charge in [0.2, 0.25) is 0 Å². The quantitative estimate of drug-likeness (QED) is 0.604. The molecule has 0 saturated heterocycles. The highest BCUT2D eigenvalue weighted by Crippen LogP contribution is 2.48. The molecule has 0 spiro atoms. The first kappa shape index (κ1) is 19.1. The fourth-order valence-electron chi connectivity index (χ4n) is 4.34. The van der Waals surface area contributed by atoms with Crippen LogP contribution in [-0.2, 0) is 22.0 Å². The van der Waals surface area contributed by atoms with Crippen LogP contribution in [0.1, 0.15) is 41.6 Å². The lowest BCUT2D eigenvalue weighted by molar-refractivity contribution is -0.138. The van der Waals surface area contributed by atoms with E-state index in [4.69, 9.17) is 9.84 Å². The summed E-state index contributed by atoms with van der Waals surface area (Å²) < 4.78 is 19.3. The first-order chi connectivity index (χ1) is 14.6. The average molecular weight is 419 g/mol. The zero-order chi connectivity index (χ0) is 20.7. The second-order valence-corrected chi connectivity index (χ2v) is 9.36. The van der Waals surface area contributed by atoms with Crippen LogP contribution in [0.25, 0.3) is 0 Å². The molecule has 5 heteroatoms. The third-order valence-corrected chi connectivity index (χ3v) is 7.51. The van der Waals surface area contributed by atoms with E-state index in [0.717, 1.165) is 45.1 Å². The zero-order valence-corrected chi connectivity index (χ0v) is 17.2. The number of carboxylic acid groups (broad SMARTS) is 1. The second kappa shape index (κ2) is 7.73. The minimum atomic E-state index is -1.20. The van der Waals surface area contributed by atoms with E-state index in [1.165, 1.54) is 0 Å². The van der Waals surface area contributed by atoms with E-state index in [2.05, 4.69) is 6.07 Å². The Morgan fingerprint density at radius 3 is 2.43 bits per heavy atom. The average Bonchev–Trinajstić information content (AvgIpc) is 3.49. The molecular weight excluding hydrogens is 396 g/mol. The van der Waals surface area contributed by atoms with Crippen LogP contribution < -0.4 is 4.74 Å². The Morgan fingerprint density at radius 2 is 1.73 bits per heavy atom. The Labute approximate surface area is 178 Å². The molecule has 152 valence electrons. The molecule has 1 fully saturated rings. The molecule has 30 heavy (non-hydrogen) atoms.